The van der Waals surface area contributed by atoms with Gasteiger partial charge in [-0.05, 0) is 37.2 Å². The minimum Gasteiger partial charge on any atom is -0.465 e. The van der Waals surface area contributed by atoms with Gasteiger partial charge in [0.2, 0.25) is 5.91 Å². The van der Waals surface area contributed by atoms with Crippen LogP contribution in [0, 0.1) is 0 Å². The highest BCUT2D eigenvalue weighted by Gasteiger charge is 2.06. The van der Waals surface area contributed by atoms with E-state index < -0.39 is 0 Å². The number of hydrogen-bond acceptors (Lipinski definition) is 4. The number of nitrogens with one attached hydrogen (secondary N) is 2. The zero-order valence-corrected chi connectivity index (χ0v) is 12.1. The minimum atomic E-state index is -0.386. The van der Waals surface area contributed by atoms with Crippen molar-refractivity contribution < 1.29 is 14.3 Å². The largest absolute Gasteiger partial charge is 0.465 e. The van der Waals surface area contributed by atoms with Crippen LogP contribution in [0.2, 0.25) is 0 Å². The number of esters is 1. The fourth-order valence-electron chi connectivity index (χ4n) is 1.66. The Hall–Kier alpha value is -1.88. The number of methoxy groups -OCH3 is 1. The van der Waals surface area contributed by atoms with Crippen molar-refractivity contribution in [1.29, 1.82) is 0 Å². The van der Waals surface area contributed by atoms with Gasteiger partial charge < -0.3 is 15.4 Å². The summed E-state index contributed by atoms with van der Waals surface area (Å²) in [6, 6.07) is 6.63. The zero-order chi connectivity index (χ0) is 14.8. The first-order valence-electron chi connectivity index (χ1n) is 6.86. The molecule has 0 saturated heterocycles. The molecule has 0 aliphatic heterocycles. The van der Waals surface area contributed by atoms with E-state index in [-0.39, 0.29) is 11.9 Å². The van der Waals surface area contributed by atoms with Gasteiger partial charge in [0.1, 0.15) is 0 Å². The van der Waals surface area contributed by atoms with E-state index in [0.29, 0.717) is 24.2 Å². The average Bonchev–Trinajstić information content (AvgIpc) is 2.47. The van der Waals surface area contributed by atoms with Crippen LogP contribution in [0.5, 0.6) is 0 Å². The van der Waals surface area contributed by atoms with Gasteiger partial charge >= 0.3 is 5.97 Å². The molecule has 0 aliphatic carbocycles. The predicted octanol–water partition coefficient (Wildman–Crippen LogP) is 2.19. The van der Waals surface area contributed by atoms with Crippen LogP contribution in [0.15, 0.2) is 24.3 Å². The molecule has 0 fully saturated rings. The lowest BCUT2D eigenvalue weighted by atomic mass is 10.2. The molecule has 5 nitrogen and oxygen atoms in total. The molecule has 2 N–H and O–H groups in total. The van der Waals surface area contributed by atoms with Gasteiger partial charge in [-0.1, -0.05) is 13.3 Å². The Bertz CT molecular complexity index is 429. The Balaban J connectivity index is 2.33. The molecule has 0 saturated carbocycles. The van der Waals surface area contributed by atoms with E-state index in [1.165, 1.54) is 7.11 Å². The van der Waals surface area contributed by atoms with E-state index in [1.54, 1.807) is 24.3 Å². The summed E-state index contributed by atoms with van der Waals surface area (Å²) in [5.74, 6) is -0.428. The van der Waals surface area contributed by atoms with Crippen LogP contribution >= 0.6 is 0 Å². The fraction of sp³-hybridized carbons (Fsp3) is 0.467. The first-order valence-corrected chi connectivity index (χ1v) is 6.86. The second kappa shape index (κ2) is 9.09. The summed E-state index contributed by atoms with van der Waals surface area (Å²) in [4.78, 5) is 22.9. The highest BCUT2D eigenvalue weighted by Crippen LogP contribution is 2.10. The van der Waals surface area contributed by atoms with E-state index in [9.17, 15) is 9.59 Å². The maximum atomic E-state index is 11.7. The summed E-state index contributed by atoms with van der Waals surface area (Å²) >= 11 is 0. The lowest BCUT2D eigenvalue weighted by Gasteiger charge is -2.07. The minimum absolute atomic E-state index is 0.0418. The van der Waals surface area contributed by atoms with Crippen molar-refractivity contribution in [3.63, 3.8) is 0 Å². The average molecular weight is 278 g/mol. The Morgan fingerprint density at radius 1 is 1.15 bits per heavy atom. The maximum Gasteiger partial charge on any atom is 0.337 e. The number of benzene rings is 1. The van der Waals surface area contributed by atoms with E-state index in [2.05, 4.69) is 22.3 Å². The van der Waals surface area contributed by atoms with Gasteiger partial charge in [-0.25, -0.2) is 4.79 Å². The maximum absolute atomic E-state index is 11.7. The number of carbonyl (C=O) groups excluding carboxylic acids is 2. The molecule has 0 unspecified atom stereocenters. The highest BCUT2D eigenvalue weighted by molar-refractivity contribution is 5.93. The van der Waals surface area contributed by atoms with Crippen molar-refractivity contribution in [3.8, 4) is 0 Å². The summed E-state index contributed by atoms with van der Waals surface area (Å²) in [5, 5.41) is 6.00. The van der Waals surface area contributed by atoms with Crippen LogP contribution in [0.4, 0.5) is 5.69 Å². The van der Waals surface area contributed by atoms with Crippen LogP contribution in [-0.4, -0.2) is 32.1 Å². The Morgan fingerprint density at radius 3 is 2.45 bits per heavy atom. The van der Waals surface area contributed by atoms with E-state index in [0.717, 1.165) is 19.4 Å². The molecule has 0 heterocycles. The molecule has 0 radical (unpaired) electrons. The molecule has 0 aliphatic rings. The quantitative estimate of drug-likeness (QED) is 0.565. The van der Waals surface area contributed by atoms with Gasteiger partial charge in [-0.2, -0.15) is 0 Å². The molecule has 5 heteroatoms. The molecule has 1 amide bonds. The summed E-state index contributed by atoms with van der Waals surface area (Å²) in [7, 11) is 1.34. The third-order valence-electron chi connectivity index (χ3n) is 2.83. The van der Waals surface area contributed by atoms with Gasteiger partial charge in [0.25, 0.3) is 0 Å². The summed E-state index contributed by atoms with van der Waals surface area (Å²) in [6.45, 7) is 3.75. The van der Waals surface area contributed by atoms with Gasteiger partial charge in [0.05, 0.1) is 12.7 Å². The second-order valence-electron chi connectivity index (χ2n) is 4.47. The van der Waals surface area contributed by atoms with Gasteiger partial charge in [-0.15, -0.1) is 0 Å². The van der Waals surface area contributed by atoms with Crippen LogP contribution in [0.3, 0.4) is 0 Å². The normalized spacial score (nSPS) is 10.1. The number of carbonyl (C=O) groups is 2. The lowest BCUT2D eigenvalue weighted by molar-refractivity contribution is -0.116. The van der Waals surface area contributed by atoms with Gasteiger partial charge in [-0.3, -0.25) is 4.79 Å². The monoisotopic (exact) mass is 278 g/mol. The Morgan fingerprint density at radius 2 is 1.85 bits per heavy atom. The Labute approximate surface area is 119 Å². The lowest BCUT2D eigenvalue weighted by Crippen LogP contribution is -2.22. The predicted molar refractivity (Wildman–Crippen MR) is 78.8 cm³/mol. The summed E-state index contributed by atoms with van der Waals surface area (Å²) < 4.78 is 4.61. The molecule has 110 valence electrons. The number of hydrogen-bond donors (Lipinski definition) is 2. The van der Waals surface area contributed by atoms with Crippen molar-refractivity contribution >= 4 is 17.6 Å². The second-order valence-corrected chi connectivity index (χ2v) is 4.47. The molecule has 0 spiro atoms. The third kappa shape index (κ3) is 5.84. The van der Waals surface area contributed by atoms with Gasteiger partial charge in [0, 0.05) is 18.7 Å². The van der Waals surface area contributed by atoms with Crippen molar-refractivity contribution in [1.82, 2.24) is 5.32 Å². The van der Waals surface area contributed by atoms with Crippen LogP contribution in [-0.2, 0) is 9.53 Å². The smallest absolute Gasteiger partial charge is 0.337 e. The molecular formula is C15H22N2O3. The number of ether oxygens (including phenoxy) is 1. The highest BCUT2D eigenvalue weighted by atomic mass is 16.5. The Kier molecular flexibility index (Phi) is 7.35. The van der Waals surface area contributed by atoms with Gasteiger partial charge in [0.15, 0.2) is 0 Å². The van der Waals surface area contributed by atoms with Crippen molar-refractivity contribution in [2.75, 3.05) is 25.5 Å². The third-order valence-corrected chi connectivity index (χ3v) is 2.83. The first-order chi connectivity index (χ1) is 9.67. The van der Waals surface area contributed by atoms with E-state index in [4.69, 9.17) is 0 Å². The number of unbranched alkanes of at least 4 members (excludes halogenated alkanes) is 1. The molecule has 0 atom stereocenters. The first kappa shape index (κ1) is 16.2. The van der Waals surface area contributed by atoms with Crippen molar-refractivity contribution in [3.05, 3.63) is 29.8 Å². The summed E-state index contributed by atoms with van der Waals surface area (Å²) in [5.41, 5.74) is 1.14. The zero-order valence-electron chi connectivity index (χ0n) is 12.1. The standard InChI is InChI=1S/C15H22N2O3/c1-3-4-10-16-11-9-14(18)17-13-7-5-12(6-8-13)15(19)20-2/h5-8,16H,3-4,9-11H2,1-2H3,(H,17,18). The van der Waals surface area contributed by atoms with E-state index in [1.807, 2.05) is 0 Å². The van der Waals surface area contributed by atoms with Crippen molar-refractivity contribution in [2.24, 2.45) is 0 Å². The SMILES string of the molecule is CCCCNCCC(=O)Nc1ccc(C(=O)OC)cc1. The molecular weight excluding hydrogens is 256 g/mol. The van der Waals surface area contributed by atoms with E-state index >= 15 is 0 Å². The molecule has 0 aromatic heterocycles. The molecule has 20 heavy (non-hydrogen) atoms. The fourth-order valence-corrected chi connectivity index (χ4v) is 1.66. The number of anilines is 1. The summed E-state index contributed by atoms with van der Waals surface area (Å²) in [6.07, 6.45) is 2.70. The molecule has 1 aromatic rings. The van der Waals surface area contributed by atoms with Crippen LogP contribution in [0.1, 0.15) is 36.5 Å². The van der Waals surface area contributed by atoms with Crippen LogP contribution in [0.25, 0.3) is 0 Å². The van der Waals surface area contributed by atoms with Crippen molar-refractivity contribution in [2.45, 2.75) is 26.2 Å². The number of amides is 1. The molecule has 0 bridgehead atoms. The van der Waals surface area contributed by atoms with Crippen LogP contribution < -0.4 is 10.6 Å². The number of rotatable bonds is 8. The molecule has 1 aromatic carbocycles. The topological polar surface area (TPSA) is 67.4 Å². The molecule has 1 rings (SSSR count).